The molecule has 0 heterocycles. The molecule has 0 N–H and O–H groups in total. The smallest absolute Gasteiger partial charge is 1.00 e. The molecule has 2 aliphatic rings. The molecule has 2 aromatic carbocycles. The van der Waals surface area contributed by atoms with Gasteiger partial charge in [-0.3, -0.25) is 0 Å². The van der Waals surface area contributed by atoms with Crippen LogP contribution in [0.15, 0.2) is 79.4 Å². The molecule has 0 aromatic heterocycles. The van der Waals surface area contributed by atoms with Crippen molar-refractivity contribution in [3.05, 3.63) is 96.1 Å². The van der Waals surface area contributed by atoms with Gasteiger partial charge in [-0.05, 0) is 0 Å². The van der Waals surface area contributed by atoms with E-state index in [1.54, 1.807) is 6.56 Å². The maximum absolute atomic E-state index is 2.47. The fourth-order valence-corrected chi connectivity index (χ4v) is 6.76. The molecule has 0 amide bonds. The van der Waals surface area contributed by atoms with Crippen LogP contribution in [0.4, 0.5) is 0 Å². The third-order valence-corrected chi connectivity index (χ3v) is 7.61. The molecule has 4 rings (SSSR count). The summed E-state index contributed by atoms with van der Waals surface area (Å²) in [6.45, 7) is 0. The van der Waals surface area contributed by atoms with Crippen LogP contribution in [0, 0.1) is 0 Å². The first-order valence-electron chi connectivity index (χ1n) is 7.40. The van der Waals surface area contributed by atoms with Gasteiger partial charge in [-0.1, -0.05) is 0 Å². The van der Waals surface area contributed by atoms with Crippen molar-refractivity contribution in [2.75, 3.05) is 0 Å². The SMILES string of the molecule is C1=CC[C]([Zr+2][C]2=Cc3ccccc3C2c2ccccc2)=C1.[Cl-].[Cl-]. The topological polar surface area (TPSA) is 0 Å². The van der Waals surface area contributed by atoms with Crippen LogP contribution >= 0.6 is 0 Å². The van der Waals surface area contributed by atoms with E-state index in [1.807, 2.05) is 0 Å². The fourth-order valence-electron chi connectivity index (χ4n) is 3.16. The summed E-state index contributed by atoms with van der Waals surface area (Å²) in [5.74, 6) is 0.496. The van der Waals surface area contributed by atoms with E-state index in [-0.39, 0.29) is 24.8 Å². The summed E-state index contributed by atoms with van der Waals surface area (Å²) < 4.78 is 3.39. The van der Waals surface area contributed by atoms with Gasteiger partial charge in [0, 0.05) is 0 Å². The molecule has 0 aliphatic heterocycles. The van der Waals surface area contributed by atoms with Crippen molar-refractivity contribution in [1.29, 1.82) is 0 Å². The number of rotatable bonds is 3. The maximum Gasteiger partial charge on any atom is -1.00 e. The molecular formula is C20H16Cl2Zr. The molecule has 2 aliphatic carbocycles. The van der Waals surface area contributed by atoms with Gasteiger partial charge in [0.15, 0.2) is 0 Å². The Morgan fingerprint density at radius 1 is 0.870 bits per heavy atom. The van der Waals surface area contributed by atoms with E-state index in [0.29, 0.717) is 5.92 Å². The second-order valence-electron chi connectivity index (χ2n) is 5.52. The summed E-state index contributed by atoms with van der Waals surface area (Å²) in [7, 11) is 0. The normalized spacial score (nSPS) is 17.3. The van der Waals surface area contributed by atoms with Gasteiger partial charge in [0.05, 0.1) is 0 Å². The van der Waals surface area contributed by atoms with Gasteiger partial charge in [-0.2, -0.15) is 0 Å². The van der Waals surface area contributed by atoms with Crippen molar-refractivity contribution in [2.24, 2.45) is 0 Å². The third kappa shape index (κ3) is 3.79. The Morgan fingerprint density at radius 2 is 1.61 bits per heavy atom. The Morgan fingerprint density at radius 3 is 2.35 bits per heavy atom. The van der Waals surface area contributed by atoms with Gasteiger partial charge in [0.1, 0.15) is 0 Å². The second-order valence-corrected chi connectivity index (χ2v) is 9.13. The predicted octanol–water partition coefficient (Wildman–Crippen LogP) is -0.893. The molecule has 1 unspecified atom stereocenters. The Labute approximate surface area is 161 Å². The van der Waals surface area contributed by atoms with Crippen LogP contribution in [-0.2, 0) is 23.2 Å². The van der Waals surface area contributed by atoms with E-state index in [2.05, 4.69) is 78.9 Å². The Hall–Kier alpha value is -0.877. The number of allylic oxidation sites excluding steroid dienone is 5. The first-order chi connectivity index (χ1) is 10.4. The van der Waals surface area contributed by atoms with Gasteiger partial charge in [0.2, 0.25) is 0 Å². The molecule has 0 saturated heterocycles. The van der Waals surface area contributed by atoms with E-state index in [0.717, 1.165) is 0 Å². The van der Waals surface area contributed by atoms with Crippen LogP contribution in [0.5, 0.6) is 0 Å². The number of hydrogen-bond acceptors (Lipinski definition) is 0. The minimum absolute atomic E-state index is 0. The molecule has 1 atom stereocenters. The van der Waals surface area contributed by atoms with Crippen molar-refractivity contribution >= 4 is 6.08 Å². The van der Waals surface area contributed by atoms with Gasteiger partial charge in [0.25, 0.3) is 0 Å². The molecule has 114 valence electrons. The summed E-state index contributed by atoms with van der Waals surface area (Å²) >= 11 is -0.648. The standard InChI is InChI=1S/C15H11.C5H5.2ClH.Zr/c1-2-6-12(7-3-1)15-11-10-13-8-4-5-9-14(13)15;1-2-4-5-3-1;;;/h1-10,15H;1-3H,4H2;2*1H;/q;;;;+2/p-2. The molecular weight excluding hydrogens is 402 g/mol. The molecule has 0 bridgehead atoms. The summed E-state index contributed by atoms with van der Waals surface area (Å²) in [4.78, 5) is 0. The molecule has 23 heavy (non-hydrogen) atoms. The van der Waals surface area contributed by atoms with E-state index in [9.17, 15) is 0 Å². The van der Waals surface area contributed by atoms with Crippen LogP contribution in [-0.4, -0.2) is 0 Å². The number of hydrogen-bond donors (Lipinski definition) is 0. The van der Waals surface area contributed by atoms with Gasteiger partial charge in [-0.15, -0.1) is 0 Å². The zero-order valence-electron chi connectivity index (χ0n) is 12.5. The van der Waals surface area contributed by atoms with Crippen molar-refractivity contribution in [2.45, 2.75) is 12.3 Å². The Balaban J connectivity index is 0.000000960. The zero-order valence-corrected chi connectivity index (χ0v) is 16.5. The summed E-state index contributed by atoms with van der Waals surface area (Å²) in [6.07, 6.45) is 10.5. The van der Waals surface area contributed by atoms with Crippen LogP contribution in [0.1, 0.15) is 29.0 Å². The largest absolute Gasteiger partial charge is 1.00 e. The van der Waals surface area contributed by atoms with E-state index < -0.39 is 23.2 Å². The summed E-state index contributed by atoms with van der Waals surface area (Å²) in [5.41, 5.74) is 4.36. The summed E-state index contributed by atoms with van der Waals surface area (Å²) in [6, 6.07) is 19.9. The maximum atomic E-state index is 2.47. The second kappa shape index (κ2) is 8.29. The van der Waals surface area contributed by atoms with Crippen LogP contribution in [0.2, 0.25) is 0 Å². The fraction of sp³-hybridized carbons (Fsp3) is 0.100. The van der Waals surface area contributed by atoms with Crippen LogP contribution in [0.3, 0.4) is 0 Å². The molecule has 0 nitrogen and oxygen atoms in total. The third-order valence-electron chi connectivity index (χ3n) is 4.14. The van der Waals surface area contributed by atoms with E-state index in [4.69, 9.17) is 0 Å². The minimum atomic E-state index is -0.648. The van der Waals surface area contributed by atoms with E-state index >= 15 is 0 Å². The van der Waals surface area contributed by atoms with Crippen molar-refractivity contribution in [3.8, 4) is 0 Å². The van der Waals surface area contributed by atoms with Gasteiger partial charge >= 0.3 is 138 Å². The van der Waals surface area contributed by atoms with Crippen LogP contribution in [0.25, 0.3) is 6.08 Å². The molecule has 0 radical (unpaired) electrons. The molecule has 3 heteroatoms. The minimum Gasteiger partial charge on any atom is -1.00 e. The van der Waals surface area contributed by atoms with Gasteiger partial charge < -0.3 is 24.8 Å². The van der Waals surface area contributed by atoms with Crippen molar-refractivity contribution in [1.82, 2.24) is 0 Å². The summed E-state index contributed by atoms with van der Waals surface area (Å²) in [5, 5.41) is 0. The Kier molecular flexibility index (Phi) is 6.65. The molecule has 0 spiro atoms. The van der Waals surface area contributed by atoms with Gasteiger partial charge in [-0.25, -0.2) is 0 Å². The number of benzene rings is 2. The van der Waals surface area contributed by atoms with E-state index in [1.165, 1.54) is 23.1 Å². The van der Waals surface area contributed by atoms with Crippen LogP contribution < -0.4 is 24.8 Å². The average molecular weight is 418 g/mol. The first kappa shape index (κ1) is 18.5. The monoisotopic (exact) mass is 416 g/mol. The Bertz CT molecular complexity index is 760. The average Bonchev–Trinajstić information content (AvgIpc) is 3.15. The van der Waals surface area contributed by atoms with Crippen molar-refractivity contribution in [3.63, 3.8) is 0 Å². The molecule has 0 saturated carbocycles. The molecule has 2 aromatic rings. The quantitative estimate of drug-likeness (QED) is 0.607. The molecule has 0 fully saturated rings. The first-order valence-corrected chi connectivity index (χ1v) is 9.86. The predicted molar refractivity (Wildman–Crippen MR) is 84.5 cm³/mol. The number of fused-ring (bicyclic) bond motifs is 1. The zero-order chi connectivity index (χ0) is 14.1. The van der Waals surface area contributed by atoms with Crippen molar-refractivity contribution < 1.29 is 48.0 Å². The number of halogens is 2.